The molecule has 0 spiro atoms. The number of fused-ring (bicyclic) bond motifs is 1. The molecule has 27 heavy (non-hydrogen) atoms. The zero-order valence-electron chi connectivity index (χ0n) is 14.7. The van der Waals surface area contributed by atoms with Gasteiger partial charge in [0.2, 0.25) is 11.8 Å². The van der Waals surface area contributed by atoms with E-state index in [0.717, 1.165) is 6.42 Å². The van der Waals surface area contributed by atoms with Gasteiger partial charge in [-0.2, -0.15) is 0 Å². The first-order valence-electron chi connectivity index (χ1n) is 8.85. The molecule has 3 aromatic rings. The van der Waals surface area contributed by atoms with Crippen molar-refractivity contribution in [2.45, 2.75) is 25.5 Å². The smallest absolute Gasteiger partial charge is 0.261 e. The van der Waals surface area contributed by atoms with Crippen LogP contribution in [0.4, 0.5) is 0 Å². The second kappa shape index (κ2) is 7.53. The first-order valence-corrected chi connectivity index (χ1v) is 8.85. The van der Waals surface area contributed by atoms with Crippen LogP contribution in [0.15, 0.2) is 54.0 Å². The molecule has 0 radical (unpaired) electrons. The van der Waals surface area contributed by atoms with Crippen LogP contribution in [0.1, 0.15) is 12.8 Å². The van der Waals surface area contributed by atoms with E-state index in [-0.39, 0.29) is 24.0 Å². The van der Waals surface area contributed by atoms with Crippen LogP contribution in [0.3, 0.4) is 0 Å². The van der Waals surface area contributed by atoms with Crippen molar-refractivity contribution in [1.29, 1.82) is 0 Å². The number of aryl methyl sites for hydroxylation is 1. The number of nitrogens with zero attached hydrogens (tertiary/aromatic N) is 5. The Kier molecular flexibility index (Phi) is 4.78. The molecule has 1 atom stereocenters. The summed E-state index contributed by atoms with van der Waals surface area (Å²) in [5.41, 5.74) is 0.535. The Labute approximate surface area is 155 Å². The molecule has 8 nitrogen and oxygen atoms in total. The summed E-state index contributed by atoms with van der Waals surface area (Å²) in [5, 5.41) is 0.561. The lowest BCUT2D eigenvalue weighted by Gasteiger charge is -2.17. The van der Waals surface area contributed by atoms with Crippen LogP contribution < -0.4 is 10.3 Å². The number of carbonyl (C=O) groups is 1. The van der Waals surface area contributed by atoms with Gasteiger partial charge in [-0.3, -0.25) is 19.1 Å². The summed E-state index contributed by atoms with van der Waals surface area (Å²) in [6.45, 7) is 1.45. The molecule has 0 N–H and O–H groups in total. The van der Waals surface area contributed by atoms with Gasteiger partial charge in [-0.25, -0.2) is 9.97 Å². The molecule has 0 aliphatic carbocycles. The number of carbonyl (C=O) groups excluding carboxylic acids is 1. The molecule has 1 aliphatic rings. The number of hydrogen-bond donors (Lipinski definition) is 0. The molecule has 1 aliphatic heterocycles. The van der Waals surface area contributed by atoms with Crippen molar-refractivity contribution in [3.05, 3.63) is 59.5 Å². The summed E-state index contributed by atoms with van der Waals surface area (Å²) in [6, 6.07) is 7.20. The fourth-order valence-electron chi connectivity index (χ4n) is 3.21. The Morgan fingerprint density at radius 3 is 2.96 bits per heavy atom. The van der Waals surface area contributed by atoms with Crippen molar-refractivity contribution in [2.24, 2.45) is 0 Å². The fraction of sp³-hybridized carbons (Fsp3) is 0.316. The third-order valence-corrected chi connectivity index (χ3v) is 4.62. The highest BCUT2D eigenvalue weighted by Gasteiger charge is 2.27. The van der Waals surface area contributed by atoms with Crippen LogP contribution in [0, 0.1) is 0 Å². The van der Waals surface area contributed by atoms with Crippen LogP contribution in [0.5, 0.6) is 5.88 Å². The molecule has 4 rings (SSSR count). The van der Waals surface area contributed by atoms with E-state index in [1.54, 1.807) is 35.6 Å². The average Bonchev–Trinajstić information content (AvgIpc) is 3.17. The molecule has 8 heteroatoms. The first kappa shape index (κ1) is 17.1. The maximum absolute atomic E-state index is 12.5. The summed E-state index contributed by atoms with van der Waals surface area (Å²) in [7, 11) is 0. The zero-order chi connectivity index (χ0) is 18.6. The van der Waals surface area contributed by atoms with Gasteiger partial charge in [0, 0.05) is 38.3 Å². The zero-order valence-corrected chi connectivity index (χ0v) is 14.7. The number of hydrogen-bond acceptors (Lipinski definition) is 6. The van der Waals surface area contributed by atoms with Crippen molar-refractivity contribution in [3.63, 3.8) is 0 Å². The lowest BCUT2D eigenvalue weighted by Crippen LogP contribution is -2.32. The largest absolute Gasteiger partial charge is 0.471 e. The van der Waals surface area contributed by atoms with E-state index in [9.17, 15) is 9.59 Å². The van der Waals surface area contributed by atoms with Crippen molar-refractivity contribution in [3.8, 4) is 5.88 Å². The molecule has 1 amide bonds. The van der Waals surface area contributed by atoms with E-state index in [0.29, 0.717) is 36.4 Å². The quantitative estimate of drug-likeness (QED) is 0.676. The molecular formula is C19H19N5O3. The van der Waals surface area contributed by atoms with Gasteiger partial charge in [0.15, 0.2) is 0 Å². The predicted octanol–water partition coefficient (Wildman–Crippen LogP) is 1.26. The molecule has 0 bridgehead atoms. The van der Waals surface area contributed by atoms with Gasteiger partial charge >= 0.3 is 0 Å². The van der Waals surface area contributed by atoms with Gasteiger partial charge in [-0.1, -0.05) is 12.1 Å². The van der Waals surface area contributed by atoms with Crippen LogP contribution in [0.25, 0.3) is 10.9 Å². The number of para-hydroxylation sites is 1. The Balaban J connectivity index is 1.35. The van der Waals surface area contributed by atoms with Gasteiger partial charge in [0.25, 0.3) is 5.56 Å². The molecule has 2 aromatic heterocycles. The molecule has 0 unspecified atom stereocenters. The van der Waals surface area contributed by atoms with Crippen LogP contribution >= 0.6 is 0 Å². The van der Waals surface area contributed by atoms with Crippen molar-refractivity contribution in [2.75, 3.05) is 13.1 Å². The summed E-state index contributed by atoms with van der Waals surface area (Å²) in [6.07, 6.45) is 7.13. The maximum Gasteiger partial charge on any atom is 0.261 e. The minimum atomic E-state index is -0.126. The molecule has 1 aromatic carbocycles. The van der Waals surface area contributed by atoms with Crippen molar-refractivity contribution in [1.82, 2.24) is 24.4 Å². The molecule has 1 fully saturated rings. The molecular weight excluding hydrogens is 346 g/mol. The van der Waals surface area contributed by atoms with E-state index in [1.165, 1.54) is 10.9 Å². The van der Waals surface area contributed by atoms with Crippen molar-refractivity contribution < 1.29 is 9.53 Å². The maximum atomic E-state index is 12.5. The van der Waals surface area contributed by atoms with Crippen LogP contribution in [-0.4, -0.2) is 49.5 Å². The third kappa shape index (κ3) is 3.79. The van der Waals surface area contributed by atoms with Gasteiger partial charge < -0.3 is 9.64 Å². The van der Waals surface area contributed by atoms with Gasteiger partial charge in [-0.05, 0) is 12.1 Å². The molecule has 0 saturated carbocycles. The highest BCUT2D eigenvalue weighted by atomic mass is 16.5. The lowest BCUT2D eigenvalue weighted by molar-refractivity contribution is -0.130. The van der Waals surface area contributed by atoms with E-state index in [4.69, 9.17) is 4.74 Å². The SMILES string of the molecule is O=C(CCn1cnc2ccccc2c1=O)N1CC[C@H](Oc2cnccn2)C1. The second-order valence-corrected chi connectivity index (χ2v) is 6.42. The third-order valence-electron chi connectivity index (χ3n) is 4.62. The number of rotatable bonds is 5. The van der Waals surface area contributed by atoms with E-state index in [2.05, 4.69) is 15.0 Å². The van der Waals surface area contributed by atoms with Crippen molar-refractivity contribution >= 4 is 16.8 Å². The van der Waals surface area contributed by atoms with Crippen LogP contribution in [0.2, 0.25) is 0 Å². The number of amides is 1. The summed E-state index contributed by atoms with van der Waals surface area (Å²) in [4.78, 5) is 39.1. The number of benzene rings is 1. The number of ether oxygens (including phenoxy) is 1. The van der Waals surface area contributed by atoms with Gasteiger partial charge in [-0.15, -0.1) is 0 Å². The van der Waals surface area contributed by atoms with E-state index < -0.39 is 0 Å². The minimum absolute atomic E-state index is 0.000282. The standard InChI is InChI=1S/C19H19N5O3/c25-18(23-9-5-14(12-23)27-17-11-20-7-8-21-17)6-10-24-13-22-16-4-2-1-3-15(16)19(24)26/h1-4,7-8,11,13-14H,5-6,9-10,12H2/t14-/m0/s1. The number of aromatic nitrogens is 4. The Bertz CT molecular complexity index is 1000. The normalized spacial score (nSPS) is 16.6. The first-order chi connectivity index (χ1) is 13.2. The monoisotopic (exact) mass is 365 g/mol. The Morgan fingerprint density at radius 2 is 2.11 bits per heavy atom. The molecule has 3 heterocycles. The Morgan fingerprint density at radius 1 is 1.22 bits per heavy atom. The number of likely N-dealkylation sites (tertiary alicyclic amines) is 1. The second-order valence-electron chi connectivity index (χ2n) is 6.42. The van der Waals surface area contributed by atoms with Crippen LogP contribution in [-0.2, 0) is 11.3 Å². The fourth-order valence-corrected chi connectivity index (χ4v) is 3.21. The Hall–Kier alpha value is -3.29. The summed E-state index contributed by atoms with van der Waals surface area (Å²) in [5.74, 6) is 0.464. The molecule has 138 valence electrons. The predicted molar refractivity (Wildman–Crippen MR) is 98.3 cm³/mol. The average molecular weight is 365 g/mol. The van der Waals surface area contributed by atoms with Gasteiger partial charge in [0.05, 0.1) is 30.0 Å². The minimum Gasteiger partial charge on any atom is -0.471 e. The highest BCUT2D eigenvalue weighted by Crippen LogP contribution is 2.16. The summed E-state index contributed by atoms with van der Waals surface area (Å²) < 4.78 is 7.24. The van der Waals surface area contributed by atoms with E-state index >= 15 is 0 Å². The topological polar surface area (TPSA) is 90.2 Å². The summed E-state index contributed by atoms with van der Waals surface area (Å²) >= 11 is 0. The lowest BCUT2D eigenvalue weighted by atomic mass is 10.2. The van der Waals surface area contributed by atoms with Gasteiger partial charge in [0.1, 0.15) is 6.10 Å². The van der Waals surface area contributed by atoms with E-state index in [1.807, 2.05) is 12.1 Å². The molecule has 1 saturated heterocycles. The highest BCUT2D eigenvalue weighted by molar-refractivity contribution is 5.77.